The van der Waals surface area contributed by atoms with Crippen LogP contribution in [0.4, 0.5) is 5.69 Å². The van der Waals surface area contributed by atoms with E-state index in [0.717, 1.165) is 37.6 Å². The molecular weight excluding hydrogens is 174 g/mol. The van der Waals surface area contributed by atoms with Crippen molar-refractivity contribution in [2.45, 2.75) is 0 Å². The molecule has 1 heterocycles. The summed E-state index contributed by atoms with van der Waals surface area (Å²) >= 11 is 0. The zero-order chi connectivity index (χ0) is 9.80. The summed E-state index contributed by atoms with van der Waals surface area (Å²) in [7, 11) is 0. The Hall–Kier alpha value is -1.46. The molecule has 0 amide bonds. The molecule has 14 heavy (non-hydrogen) atoms. The summed E-state index contributed by atoms with van der Waals surface area (Å²) in [4.78, 5) is 2.28. The largest absolute Gasteiger partial charge is 0.378 e. The van der Waals surface area contributed by atoms with E-state index in [-0.39, 0.29) is 0 Å². The number of hydrogen-bond donors (Lipinski definition) is 0. The Bertz CT molecular complexity index is 348. The lowest BCUT2D eigenvalue weighted by atomic mass is 10.1. The number of ether oxygens (including phenoxy) is 1. The Labute approximate surface area is 84.5 Å². The minimum atomic E-state index is 0.791. The Morgan fingerprint density at radius 3 is 2.64 bits per heavy atom. The number of benzene rings is 1. The number of morpholine rings is 1. The minimum Gasteiger partial charge on any atom is -0.378 e. The fourth-order valence-corrected chi connectivity index (χ4v) is 1.68. The Morgan fingerprint density at radius 2 is 1.93 bits per heavy atom. The van der Waals surface area contributed by atoms with E-state index in [1.807, 2.05) is 18.2 Å². The minimum absolute atomic E-state index is 0.791. The monoisotopic (exact) mass is 187 g/mol. The van der Waals surface area contributed by atoms with Crippen molar-refractivity contribution in [2.75, 3.05) is 31.2 Å². The Morgan fingerprint density at radius 1 is 1.21 bits per heavy atom. The van der Waals surface area contributed by atoms with Crippen LogP contribution >= 0.6 is 0 Å². The molecule has 2 heteroatoms. The van der Waals surface area contributed by atoms with Gasteiger partial charge < -0.3 is 9.64 Å². The second kappa shape index (κ2) is 4.17. The van der Waals surface area contributed by atoms with Gasteiger partial charge >= 0.3 is 0 Å². The smallest absolute Gasteiger partial charge is 0.0642 e. The van der Waals surface area contributed by atoms with Crippen molar-refractivity contribution in [1.82, 2.24) is 0 Å². The van der Waals surface area contributed by atoms with Crippen molar-refractivity contribution in [3.63, 3.8) is 0 Å². The number of nitrogens with zero attached hydrogens (tertiary/aromatic N) is 1. The molecule has 0 N–H and O–H groups in total. The molecule has 2 rings (SSSR count). The first-order chi connectivity index (χ1) is 6.92. The molecule has 1 aromatic carbocycles. The van der Waals surface area contributed by atoms with Gasteiger partial charge in [0.25, 0.3) is 0 Å². The molecule has 1 aromatic rings. The highest BCUT2D eigenvalue weighted by atomic mass is 16.5. The molecule has 1 fully saturated rings. The lowest BCUT2D eigenvalue weighted by Crippen LogP contribution is -2.36. The Balaban J connectivity index is 2.26. The van der Waals surface area contributed by atoms with Gasteiger partial charge in [0.2, 0.25) is 0 Å². The number of terminal acetylenes is 1. The van der Waals surface area contributed by atoms with Crippen LogP contribution in [0.5, 0.6) is 0 Å². The maximum atomic E-state index is 5.45. The topological polar surface area (TPSA) is 12.5 Å². The van der Waals surface area contributed by atoms with E-state index >= 15 is 0 Å². The molecule has 0 aliphatic carbocycles. The molecule has 0 radical (unpaired) electrons. The number of hydrogen-bond acceptors (Lipinski definition) is 2. The maximum Gasteiger partial charge on any atom is 0.0642 e. The molecule has 0 unspecified atom stereocenters. The number of para-hydroxylation sites is 1. The fourth-order valence-electron chi connectivity index (χ4n) is 1.68. The van der Waals surface area contributed by atoms with E-state index in [1.165, 1.54) is 0 Å². The van der Waals surface area contributed by atoms with E-state index in [1.54, 1.807) is 0 Å². The molecule has 0 saturated carbocycles. The molecular formula is C12H13NO. The maximum absolute atomic E-state index is 5.45. The summed E-state index contributed by atoms with van der Waals surface area (Å²) in [5.74, 6) is 2.71. The van der Waals surface area contributed by atoms with E-state index in [4.69, 9.17) is 11.2 Å². The second-order valence-electron chi connectivity index (χ2n) is 3.26. The molecule has 1 saturated heterocycles. The molecule has 72 valence electrons. The van der Waals surface area contributed by atoms with Crippen molar-refractivity contribution >= 4 is 5.69 Å². The van der Waals surface area contributed by atoms with Crippen LogP contribution in [0.3, 0.4) is 0 Å². The second-order valence-corrected chi connectivity index (χ2v) is 3.26. The lowest BCUT2D eigenvalue weighted by molar-refractivity contribution is 0.122. The third-order valence-corrected chi connectivity index (χ3v) is 2.41. The first-order valence-electron chi connectivity index (χ1n) is 4.80. The summed E-state index contributed by atoms with van der Waals surface area (Å²) in [6.45, 7) is 3.44. The van der Waals surface area contributed by atoms with Crippen LogP contribution in [0.25, 0.3) is 0 Å². The summed E-state index contributed by atoms with van der Waals surface area (Å²) in [5.41, 5.74) is 2.12. The first kappa shape index (κ1) is 9.11. The summed E-state index contributed by atoms with van der Waals surface area (Å²) in [6, 6.07) is 8.04. The van der Waals surface area contributed by atoms with Crippen molar-refractivity contribution < 1.29 is 4.74 Å². The van der Waals surface area contributed by atoms with Crippen LogP contribution in [0.2, 0.25) is 0 Å². The molecule has 0 atom stereocenters. The van der Waals surface area contributed by atoms with Gasteiger partial charge in [-0.1, -0.05) is 18.1 Å². The lowest BCUT2D eigenvalue weighted by Gasteiger charge is -2.29. The normalized spacial score (nSPS) is 16.4. The Kier molecular flexibility index (Phi) is 2.71. The predicted molar refractivity (Wildman–Crippen MR) is 57.4 cm³/mol. The highest BCUT2D eigenvalue weighted by Gasteiger charge is 2.12. The van der Waals surface area contributed by atoms with Crippen LogP contribution in [-0.4, -0.2) is 26.3 Å². The van der Waals surface area contributed by atoms with Crippen LogP contribution in [-0.2, 0) is 4.74 Å². The predicted octanol–water partition coefficient (Wildman–Crippen LogP) is 1.50. The fraction of sp³-hybridized carbons (Fsp3) is 0.333. The van der Waals surface area contributed by atoms with Crippen LogP contribution in [0.15, 0.2) is 24.3 Å². The third-order valence-electron chi connectivity index (χ3n) is 2.41. The van der Waals surface area contributed by atoms with E-state index < -0.39 is 0 Å². The van der Waals surface area contributed by atoms with Crippen LogP contribution < -0.4 is 4.90 Å². The molecule has 0 bridgehead atoms. The quantitative estimate of drug-likeness (QED) is 0.618. The van der Waals surface area contributed by atoms with Gasteiger partial charge in [0.1, 0.15) is 0 Å². The highest BCUT2D eigenvalue weighted by molar-refractivity contribution is 5.60. The SMILES string of the molecule is C#Cc1ccccc1N1CCOCC1. The number of rotatable bonds is 1. The van der Waals surface area contributed by atoms with Crippen LogP contribution in [0, 0.1) is 12.3 Å². The number of anilines is 1. The van der Waals surface area contributed by atoms with Crippen molar-refractivity contribution in [1.29, 1.82) is 0 Å². The van der Waals surface area contributed by atoms with Gasteiger partial charge in [0.05, 0.1) is 18.9 Å². The average molecular weight is 187 g/mol. The van der Waals surface area contributed by atoms with E-state index in [2.05, 4.69) is 16.9 Å². The molecule has 1 aliphatic heterocycles. The zero-order valence-corrected chi connectivity index (χ0v) is 8.07. The van der Waals surface area contributed by atoms with Gasteiger partial charge in [-0.2, -0.15) is 0 Å². The van der Waals surface area contributed by atoms with Gasteiger partial charge in [0.15, 0.2) is 0 Å². The van der Waals surface area contributed by atoms with Crippen molar-refractivity contribution in [3.8, 4) is 12.3 Å². The summed E-state index contributed by atoms with van der Waals surface area (Å²) in [5, 5.41) is 0. The third kappa shape index (κ3) is 1.73. The summed E-state index contributed by atoms with van der Waals surface area (Å²) in [6.07, 6.45) is 5.45. The molecule has 2 nitrogen and oxygen atoms in total. The molecule has 0 aromatic heterocycles. The van der Waals surface area contributed by atoms with Gasteiger partial charge in [-0.25, -0.2) is 0 Å². The summed E-state index contributed by atoms with van der Waals surface area (Å²) < 4.78 is 5.30. The van der Waals surface area contributed by atoms with Gasteiger partial charge in [0, 0.05) is 18.7 Å². The van der Waals surface area contributed by atoms with Gasteiger partial charge in [-0.05, 0) is 12.1 Å². The van der Waals surface area contributed by atoms with Crippen molar-refractivity contribution in [3.05, 3.63) is 29.8 Å². The average Bonchev–Trinajstić information content (AvgIpc) is 2.30. The van der Waals surface area contributed by atoms with Crippen molar-refractivity contribution in [2.24, 2.45) is 0 Å². The van der Waals surface area contributed by atoms with Gasteiger partial charge in [-0.15, -0.1) is 6.42 Å². The zero-order valence-electron chi connectivity index (χ0n) is 8.07. The first-order valence-corrected chi connectivity index (χ1v) is 4.80. The highest BCUT2D eigenvalue weighted by Crippen LogP contribution is 2.20. The molecule has 0 spiro atoms. The van der Waals surface area contributed by atoms with Crippen LogP contribution in [0.1, 0.15) is 5.56 Å². The van der Waals surface area contributed by atoms with E-state index in [0.29, 0.717) is 0 Å². The molecule has 1 aliphatic rings. The standard InChI is InChI=1S/C12H13NO/c1-2-11-5-3-4-6-12(11)13-7-9-14-10-8-13/h1,3-6H,7-10H2. The van der Waals surface area contributed by atoms with E-state index in [9.17, 15) is 0 Å². The van der Waals surface area contributed by atoms with Gasteiger partial charge in [-0.3, -0.25) is 0 Å².